The van der Waals surface area contributed by atoms with Crippen molar-refractivity contribution in [1.82, 2.24) is 0 Å². The number of rotatable bonds is 0. The van der Waals surface area contributed by atoms with Gasteiger partial charge in [-0.2, -0.15) is 0 Å². The third-order valence-electron chi connectivity index (χ3n) is 0. The first-order valence-electron chi connectivity index (χ1n) is 0.455. The van der Waals surface area contributed by atoms with Gasteiger partial charge in [-0.3, -0.25) is 0 Å². The van der Waals surface area contributed by atoms with Crippen LogP contribution in [0.3, 0.4) is 0 Å². The van der Waals surface area contributed by atoms with Gasteiger partial charge in [-0.05, 0) is 0 Å². The van der Waals surface area contributed by atoms with Crippen molar-refractivity contribution in [2.45, 2.75) is 0 Å². The van der Waals surface area contributed by atoms with Crippen LogP contribution in [0.4, 0.5) is 0 Å². The molecule has 0 spiro atoms. The molecule has 0 bridgehead atoms. The third kappa shape index (κ3) is 8.85. The molecule has 4 heavy (non-hydrogen) atoms. The van der Waals surface area contributed by atoms with Crippen LogP contribution in [0.2, 0.25) is 0 Å². The predicted molar refractivity (Wildman–Crippen MR) is 12.2 cm³/mol. The second kappa shape index (κ2) is 18.5. The summed E-state index contributed by atoms with van der Waals surface area (Å²) < 4.78 is 8.26. The molecule has 0 aromatic rings. The molecular weight excluding hydrogens is 384 g/mol. The van der Waals surface area contributed by atoms with Crippen LogP contribution in [0.25, 0.3) is 0 Å². The van der Waals surface area contributed by atoms with Gasteiger partial charge in [-0.1, -0.05) is 0 Å². The summed E-state index contributed by atoms with van der Waals surface area (Å²) in [7, 11) is 0. The van der Waals surface area contributed by atoms with Gasteiger partial charge in [0.2, 0.25) is 0 Å². The van der Waals surface area contributed by atoms with E-state index in [0.29, 0.717) is 22.3 Å². The van der Waals surface area contributed by atoms with E-state index in [1.807, 2.05) is 0 Å². The molecule has 0 aliphatic heterocycles. The van der Waals surface area contributed by atoms with Crippen molar-refractivity contribution < 1.29 is 24.0 Å². The topological polar surface area (TPSA) is 17.1 Å². The monoisotopic (exact) mass is 390 g/mol. The van der Waals surface area contributed by atoms with Crippen LogP contribution in [-0.2, 0) is 24.0 Å². The molecule has 0 fully saturated rings. The molecule has 0 N–H and O–H groups in total. The molecule has 0 heterocycles. The van der Waals surface area contributed by atoms with Crippen molar-refractivity contribution in [2.75, 3.05) is 0 Å². The Labute approximate surface area is 61.9 Å². The Morgan fingerprint density at radius 1 is 1.25 bits per heavy atom. The molecule has 0 saturated carbocycles. The maximum atomic E-state index is 8.26. The standard InChI is InChI=1S/Cd.OTe.Te/c;1-2;. The minimum atomic E-state index is 0.700. The van der Waals surface area contributed by atoms with E-state index in [2.05, 4.69) is 16.9 Å². The van der Waals surface area contributed by atoms with E-state index in [0.717, 1.165) is 20.9 Å². The van der Waals surface area contributed by atoms with Gasteiger partial charge >= 0.3 is 63.1 Å². The van der Waals surface area contributed by atoms with E-state index in [-0.39, 0.29) is 0 Å². The summed E-state index contributed by atoms with van der Waals surface area (Å²) in [4.78, 5) is 0. The summed E-state index contributed by atoms with van der Waals surface area (Å²) in [6, 6.07) is 0. The summed E-state index contributed by atoms with van der Waals surface area (Å²) in [5, 5.41) is 0. The molecule has 20 valence electrons. The molecule has 0 radical (unpaired) electrons. The summed E-state index contributed by atoms with van der Waals surface area (Å²) in [5.74, 6) is 0. The second-order valence-electron chi connectivity index (χ2n) is 0. The Hall–Kier alpha value is 2.30. The molecule has 1 nitrogen and oxygen atoms in total. The fourth-order valence-electron chi connectivity index (χ4n) is 0. The van der Waals surface area contributed by atoms with E-state index in [1.54, 1.807) is 0 Å². The normalized spacial score (nSPS) is 2.50. The average molecular weight is 384 g/mol. The van der Waals surface area contributed by atoms with E-state index < -0.39 is 0 Å². The van der Waals surface area contributed by atoms with E-state index >= 15 is 0 Å². The maximum absolute atomic E-state index is 8.26. The molecular formula is CdOTe2. The molecule has 4 heteroatoms. The molecule has 0 amide bonds. The second-order valence-corrected chi connectivity index (χ2v) is 0. The van der Waals surface area contributed by atoms with Gasteiger partial charge in [0.1, 0.15) is 0 Å². The zero-order chi connectivity index (χ0) is 4.00. The van der Waals surface area contributed by atoms with Crippen molar-refractivity contribution in [3.8, 4) is 0 Å². The van der Waals surface area contributed by atoms with E-state index in [9.17, 15) is 0 Å². The Balaban J connectivity index is 0. The van der Waals surface area contributed by atoms with Crippen LogP contribution >= 0.6 is 0 Å². The van der Waals surface area contributed by atoms with Gasteiger partial charge in [0.15, 0.2) is 0 Å². The summed E-state index contributed by atoms with van der Waals surface area (Å²) in [5.41, 5.74) is 0. The van der Waals surface area contributed by atoms with Crippen LogP contribution in [-0.4, -0.2) is 39.1 Å². The van der Waals surface area contributed by atoms with Crippen molar-refractivity contribution in [3.63, 3.8) is 0 Å². The van der Waals surface area contributed by atoms with Crippen molar-refractivity contribution in [2.24, 2.45) is 0 Å². The van der Waals surface area contributed by atoms with Crippen LogP contribution in [0, 0.1) is 0 Å². The minimum absolute atomic E-state index is 0.700. The summed E-state index contributed by atoms with van der Waals surface area (Å²) in [6.45, 7) is 0. The Morgan fingerprint density at radius 2 is 1.25 bits per heavy atom. The third-order valence-corrected chi connectivity index (χ3v) is 0. The van der Waals surface area contributed by atoms with Crippen LogP contribution in [0.5, 0.6) is 0 Å². The Bertz CT molecular complexity index is 8.00. The quantitative estimate of drug-likeness (QED) is 0.497. The van der Waals surface area contributed by atoms with Gasteiger partial charge in [0, 0.05) is 0 Å². The van der Waals surface area contributed by atoms with Crippen molar-refractivity contribution in [1.29, 1.82) is 0 Å². The number of hydrogen-bond acceptors (Lipinski definition) is 1. The zero-order valence-electron chi connectivity index (χ0n) is 1.93. The molecule has 0 aromatic heterocycles. The Kier molecular flexibility index (Phi) is 44.3. The van der Waals surface area contributed by atoms with Gasteiger partial charge < -0.3 is 0 Å². The summed E-state index contributed by atoms with van der Waals surface area (Å²) >= 11 is 3.98. The zero-order valence-corrected chi connectivity index (χ0v) is 10.6. The molecule has 0 unspecified atom stereocenters. The molecule has 0 aromatic carbocycles. The molecule has 0 atom stereocenters. The average Bonchev–Trinajstić information content (AvgIpc) is 1.50. The van der Waals surface area contributed by atoms with Gasteiger partial charge in [0.05, 0.1) is 0 Å². The Morgan fingerprint density at radius 3 is 1.25 bits per heavy atom. The van der Waals surface area contributed by atoms with Crippen molar-refractivity contribution in [3.05, 3.63) is 0 Å². The SMILES string of the molecule is O=[Te].[Cd]=[Te]. The van der Waals surface area contributed by atoms with E-state index in [4.69, 9.17) is 3.10 Å². The van der Waals surface area contributed by atoms with E-state index in [1.165, 1.54) is 0 Å². The van der Waals surface area contributed by atoms with Crippen molar-refractivity contribution >= 4 is 39.1 Å². The molecule has 0 aliphatic carbocycles. The summed E-state index contributed by atoms with van der Waals surface area (Å²) in [6.07, 6.45) is 0. The van der Waals surface area contributed by atoms with Gasteiger partial charge in [-0.25, -0.2) is 0 Å². The number of hydrogen-bond donors (Lipinski definition) is 0. The van der Waals surface area contributed by atoms with Gasteiger partial charge in [0.25, 0.3) is 0 Å². The predicted octanol–water partition coefficient (Wildman–Crippen LogP) is -0.883. The molecule has 0 rings (SSSR count). The van der Waals surface area contributed by atoms with Crippen LogP contribution in [0.15, 0.2) is 0 Å². The fraction of sp³-hybridized carbons (Fsp3) is 0. The molecule has 0 aliphatic rings. The van der Waals surface area contributed by atoms with Crippen LogP contribution < -0.4 is 0 Å². The van der Waals surface area contributed by atoms with Gasteiger partial charge in [-0.15, -0.1) is 0 Å². The van der Waals surface area contributed by atoms with Crippen LogP contribution in [0.1, 0.15) is 0 Å². The first kappa shape index (κ1) is 9.57. The molecule has 0 saturated heterocycles. The first-order valence-corrected chi connectivity index (χ1v) is 14.1. The fourth-order valence-corrected chi connectivity index (χ4v) is 0. The first-order chi connectivity index (χ1) is 2.00.